The highest BCUT2D eigenvalue weighted by molar-refractivity contribution is 5.86. The molecule has 5 rings (SSSR count). The van der Waals surface area contributed by atoms with Gasteiger partial charge >= 0.3 is 0 Å². The fourth-order valence-electron chi connectivity index (χ4n) is 4.33. The zero-order valence-corrected chi connectivity index (χ0v) is 16.6. The van der Waals surface area contributed by atoms with Gasteiger partial charge in [-0.2, -0.15) is 9.61 Å². The van der Waals surface area contributed by atoms with Crippen LogP contribution in [0.5, 0.6) is 0 Å². The Hall–Kier alpha value is -3.34. The van der Waals surface area contributed by atoms with E-state index in [4.69, 9.17) is 5.10 Å². The van der Waals surface area contributed by atoms with Crippen LogP contribution in [0.4, 0.5) is 5.69 Å². The first-order chi connectivity index (χ1) is 14.2. The van der Waals surface area contributed by atoms with Crippen LogP contribution in [0.3, 0.4) is 0 Å². The highest BCUT2D eigenvalue weighted by Crippen LogP contribution is 2.35. The summed E-state index contributed by atoms with van der Waals surface area (Å²) in [5.74, 6) is 0. The molecule has 1 aliphatic rings. The number of aryl methyl sites for hydroxylation is 1. The van der Waals surface area contributed by atoms with Gasteiger partial charge < -0.3 is 9.88 Å². The number of piperidine rings is 1. The number of aromatic amines is 1. The van der Waals surface area contributed by atoms with E-state index in [1.807, 2.05) is 55.5 Å². The zero-order chi connectivity index (χ0) is 19.8. The monoisotopic (exact) mass is 384 g/mol. The third-order valence-electron chi connectivity index (χ3n) is 5.73. The Kier molecular flexibility index (Phi) is 4.43. The Morgan fingerprint density at radius 2 is 1.48 bits per heavy atom. The number of hydrogen-bond acceptors (Lipinski definition) is 3. The SMILES string of the molecule is Cc1[nH]c2c(N3CCCCC3)c(-c3ccccc3)nn2c(=O)c1-c1ccccc1. The molecule has 1 aliphatic heterocycles. The number of hydrogen-bond donors (Lipinski definition) is 1. The minimum atomic E-state index is -0.0807. The number of aromatic nitrogens is 3. The van der Waals surface area contributed by atoms with E-state index >= 15 is 0 Å². The molecule has 4 aromatic rings. The summed E-state index contributed by atoms with van der Waals surface area (Å²) in [6.07, 6.45) is 3.58. The second kappa shape index (κ2) is 7.24. The largest absolute Gasteiger partial charge is 0.367 e. The van der Waals surface area contributed by atoms with Crippen LogP contribution in [-0.4, -0.2) is 27.7 Å². The van der Waals surface area contributed by atoms with Crippen molar-refractivity contribution in [3.05, 3.63) is 76.7 Å². The molecular weight excluding hydrogens is 360 g/mol. The van der Waals surface area contributed by atoms with Gasteiger partial charge in [0.1, 0.15) is 11.4 Å². The van der Waals surface area contributed by atoms with Crippen LogP contribution < -0.4 is 10.5 Å². The lowest BCUT2D eigenvalue weighted by atomic mass is 10.1. The van der Waals surface area contributed by atoms with Crippen molar-refractivity contribution in [2.75, 3.05) is 18.0 Å². The van der Waals surface area contributed by atoms with Crippen molar-refractivity contribution >= 4 is 11.3 Å². The molecule has 1 fully saturated rings. The van der Waals surface area contributed by atoms with Gasteiger partial charge in [0.25, 0.3) is 5.56 Å². The van der Waals surface area contributed by atoms with E-state index in [9.17, 15) is 4.79 Å². The van der Waals surface area contributed by atoms with Crippen molar-refractivity contribution in [2.45, 2.75) is 26.2 Å². The first kappa shape index (κ1) is 17.7. The molecule has 5 nitrogen and oxygen atoms in total. The smallest absolute Gasteiger partial charge is 0.282 e. The van der Waals surface area contributed by atoms with Gasteiger partial charge in [-0.1, -0.05) is 60.7 Å². The van der Waals surface area contributed by atoms with Crippen LogP contribution in [0, 0.1) is 6.92 Å². The molecule has 3 heterocycles. The van der Waals surface area contributed by atoms with Crippen molar-refractivity contribution < 1.29 is 0 Å². The molecule has 2 aromatic heterocycles. The number of nitrogens with zero attached hydrogens (tertiary/aromatic N) is 3. The summed E-state index contributed by atoms with van der Waals surface area (Å²) in [6.45, 7) is 3.95. The maximum Gasteiger partial charge on any atom is 0.282 e. The minimum Gasteiger partial charge on any atom is -0.367 e. The topological polar surface area (TPSA) is 53.4 Å². The van der Waals surface area contributed by atoms with Gasteiger partial charge in [-0.05, 0) is 31.7 Å². The molecule has 0 saturated carbocycles. The maximum absolute atomic E-state index is 13.5. The average Bonchev–Trinajstić information content (AvgIpc) is 3.15. The summed E-state index contributed by atoms with van der Waals surface area (Å²) in [7, 11) is 0. The van der Waals surface area contributed by atoms with E-state index < -0.39 is 0 Å². The van der Waals surface area contributed by atoms with Crippen molar-refractivity contribution in [3.8, 4) is 22.4 Å². The van der Waals surface area contributed by atoms with Crippen LogP contribution in [-0.2, 0) is 0 Å². The summed E-state index contributed by atoms with van der Waals surface area (Å²) >= 11 is 0. The lowest BCUT2D eigenvalue weighted by Gasteiger charge is -2.28. The molecule has 0 unspecified atom stereocenters. The third kappa shape index (κ3) is 3.03. The van der Waals surface area contributed by atoms with Crippen LogP contribution in [0.1, 0.15) is 25.0 Å². The van der Waals surface area contributed by atoms with Crippen LogP contribution in [0.15, 0.2) is 65.5 Å². The van der Waals surface area contributed by atoms with Crippen LogP contribution in [0.2, 0.25) is 0 Å². The Labute approximate surface area is 169 Å². The number of benzene rings is 2. The summed E-state index contributed by atoms with van der Waals surface area (Å²) in [4.78, 5) is 19.4. The number of H-pyrrole nitrogens is 1. The van der Waals surface area contributed by atoms with E-state index in [2.05, 4.69) is 22.0 Å². The average molecular weight is 384 g/mol. The van der Waals surface area contributed by atoms with Crippen LogP contribution >= 0.6 is 0 Å². The van der Waals surface area contributed by atoms with Crippen molar-refractivity contribution in [3.63, 3.8) is 0 Å². The van der Waals surface area contributed by atoms with Gasteiger partial charge in [0, 0.05) is 24.3 Å². The van der Waals surface area contributed by atoms with Crippen molar-refractivity contribution in [1.29, 1.82) is 0 Å². The molecule has 5 heteroatoms. The highest BCUT2D eigenvalue weighted by atomic mass is 16.1. The Morgan fingerprint density at radius 3 is 2.14 bits per heavy atom. The second-order valence-electron chi connectivity index (χ2n) is 7.67. The Bertz CT molecular complexity index is 1200. The fourth-order valence-corrected chi connectivity index (χ4v) is 4.33. The molecule has 0 spiro atoms. The molecule has 0 amide bonds. The molecule has 0 aliphatic carbocycles. The Balaban J connectivity index is 1.80. The molecule has 29 heavy (non-hydrogen) atoms. The summed E-state index contributed by atoms with van der Waals surface area (Å²) in [6, 6.07) is 20.0. The predicted octanol–water partition coefficient (Wildman–Crippen LogP) is 4.66. The number of rotatable bonds is 3. The molecule has 0 radical (unpaired) electrons. The quantitative estimate of drug-likeness (QED) is 0.559. The molecule has 146 valence electrons. The Morgan fingerprint density at radius 1 is 0.862 bits per heavy atom. The van der Waals surface area contributed by atoms with E-state index in [0.717, 1.165) is 59.8 Å². The lowest BCUT2D eigenvalue weighted by Crippen LogP contribution is -2.30. The van der Waals surface area contributed by atoms with Gasteiger partial charge in [-0.3, -0.25) is 4.79 Å². The van der Waals surface area contributed by atoms with E-state index in [-0.39, 0.29) is 5.56 Å². The van der Waals surface area contributed by atoms with Gasteiger partial charge in [-0.15, -0.1) is 0 Å². The van der Waals surface area contributed by atoms with Gasteiger partial charge in [0.2, 0.25) is 0 Å². The fraction of sp³-hybridized carbons (Fsp3) is 0.250. The van der Waals surface area contributed by atoms with E-state index in [0.29, 0.717) is 5.56 Å². The number of anilines is 1. The first-order valence-corrected chi connectivity index (χ1v) is 10.3. The van der Waals surface area contributed by atoms with E-state index in [1.165, 1.54) is 6.42 Å². The van der Waals surface area contributed by atoms with Crippen molar-refractivity contribution in [1.82, 2.24) is 14.6 Å². The summed E-state index contributed by atoms with van der Waals surface area (Å²) < 4.78 is 1.56. The molecule has 1 saturated heterocycles. The molecule has 1 N–H and O–H groups in total. The molecule has 2 aromatic carbocycles. The molecule has 0 bridgehead atoms. The molecule has 0 atom stereocenters. The second-order valence-corrected chi connectivity index (χ2v) is 7.67. The lowest BCUT2D eigenvalue weighted by molar-refractivity contribution is 0.579. The normalized spacial score (nSPS) is 14.4. The minimum absolute atomic E-state index is 0.0807. The van der Waals surface area contributed by atoms with Gasteiger partial charge in [0.05, 0.1) is 5.56 Å². The number of nitrogens with one attached hydrogen (secondary N) is 1. The first-order valence-electron chi connectivity index (χ1n) is 10.3. The number of fused-ring (bicyclic) bond motifs is 1. The standard InChI is InChI=1S/C24H24N4O/c1-17-20(18-11-5-2-6-12-18)24(29)28-23(25-17)22(27-15-9-4-10-16-27)21(26-28)19-13-7-3-8-14-19/h2-3,5-8,11-14,25H,4,9-10,15-16H2,1H3. The summed E-state index contributed by atoms with van der Waals surface area (Å²) in [5.41, 5.74) is 6.08. The predicted molar refractivity (Wildman–Crippen MR) is 117 cm³/mol. The van der Waals surface area contributed by atoms with Crippen molar-refractivity contribution in [2.24, 2.45) is 0 Å². The van der Waals surface area contributed by atoms with E-state index in [1.54, 1.807) is 4.52 Å². The van der Waals surface area contributed by atoms with Crippen LogP contribution in [0.25, 0.3) is 28.0 Å². The maximum atomic E-state index is 13.5. The highest BCUT2D eigenvalue weighted by Gasteiger charge is 2.25. The third-order valence-corrected chi connectivity index (χ3v) is 5.73. The zero-order valence-electron chi connectivity index (χ0n) is 16.6. The summed E-state index contributed by atoms with van der Waals surface area (Å²) in [5, 5.41) is 4.82. The molecular formula is C24H24N4O. The van der Waals surface area contributed by atoms with Gasteiger partial charge in [-0.25, -0.2) is 0 Å². The van der Waals surface area contributed by atoms with Gasteiger partial charge in [0.15, 0.2) is 5.65 Å².